The summed E-state index contributed by atoms with van der Waals surface area (Å²) in [5, 5.41) is 5.10. The van der Waals surface area contributed by atoms with E-state index >= 15 is 0 Å². The van der Waals surface area contributed by atoms with Crippen molar-refractivity contribution in [2.45, 2.75) is 60.3 Å². The van der Waals surface area contributed by atoms with Crippen molar-refractivity contribution >= 4 is 21.5 Å². The first-order valence-electron chi connectivity index (χ1n) is 16.8. The van der Waals surface area contributed by atoms with E-state index in [-0.39, 0.29) is 25.5 Å². The molecule has 3 heteroatoms. The summed E-state index contributed by atoms with van der Waals surface area (Å²) < 4.78 is 0. The van der Waals surface area contributed by atoms with E-state index in [4.69, 9.17) is 0 Å². The largest absolute Gasteiger partial charge is 0.305 e. The van der Waals surface area contributed by atoms with Crippen LogP contribution in [0.2, 0.25) is 0 Å². The predicted molar refractivity (Wildman–Crippen MR) is 204 cm³/mol. The zero-order valence-corrected chi connectivity index (χ0v) is 32.0. The Balaban J connectivity index is 0.000000212. The van der Waals surface area contributed by atoms with Crippen LogP contribution in [0.3, 0.4) is 0 Å². The second-order valence-corrected chi connectivity index (χ2v) is 14.9. The summed E-state index contributed by atoms with van der Waals surface area (Å²) >= 11 is 0. The van der Waals surface area contributed by atoms with E-state index in [0.29, 0.717) is 5.41 Å². The molecule has 0 amide bonds. The van der Waals surface area contributed by atoms with E-state index in [1.807, 2.05) is 24.5 Å². The first kappa shape index (κ1) is 35.9. The van der Waals surface area contributed by atoms with Gasteiger partial charge < -0.3 is 9.97 Å². The van der Waals surface area contributed by atoms with Crippen LogP contribution in [-0.2, 0) is 31.9 Å². The van der Waals surface area contributed by atoms with E-state index in [9.17, 15) is 0 Å². The molecule has 7 rings (SSSR count). The maximum atomic E-state index is 4.64. The van der Waals surface area contributed by atoms with Gasteiger partial charge in [-0.1, -0.05) is 115 Å². The van der Waals surface area contributed by atoms with Crippen molar-refractivity contribution in [3.8, 4) is 33.6 Å². The zero-order valence-electron chi connectivity index (χ0n) is 29.6. The molecular weight excluding hydrogens is 773 g/mol. The molecule has 0 unspecified atom stereocenters. The van der Waals surface area contributed by atoms with Gasteiger partial charge in [0.25, 0.3) is 0 Å². The molecule has 2 nitrogen and oxygen atoms in total. The van der Waals surface area contributed by atoms with Crippen LogP contribution in [0.25, 0.3) is 55.2 Å². The Morgan fingerprint density at radius 2 is 1.37 bits per heavy atom. The fourth-order valence-electron chi connectivity index (χ4n) is 6.08. The molecule has 1 radical (unpaired) electrons. The normalized spacial score (nSPS) is 11.5. The Hall–Kier alpha value is -4.43. The van der Waals surface area contributed by atoms with E-state index < -0.39 is 0 Å². The number of aryl methyl sites for hydroxylation is 1. The molecule has 0 aliphatic rings. The van der Waals surface area contributed by atoms with Crippen LogP contribution in [0.5, 0.6) is 0 Å². The quantitative estimate of drug-likeness (QED) is 0.131. The standard InChI is InChI=1S/C29H24N.C17H20N.Ir/c1-29(2,3)23-15-16-30-28(19-23)22-11-8-10-20(17-22)27-18-21-9-4-5-12-24(21)25-13-6-7-14-26(25)27;1-13-5-8-15(9-6-13)16-10-7-14(12-18-16)11-17(2,3)4;/h4-10,12-19H,1-3H3;5-8,10,12H,11H2,1-4H3;/q2*-1;. The summed E-state index contributed by atoms with van der Waals surface area (Å²) in [7, 11) is 0. The smallest absolute Gasteiger partial charge is 0.0193 e. The van der Waals surface area contributed by atoms with Crippen LogP contribution in [0.15, 0.2) is 128 Å². The third kappa shape index (κ3) is 8.79. The van der Waals surface area contributed by atoms with Gasteiger partial charge in [-0.3, -0.25) is 0 Å². The number of nitrogens with zero attached hydrogens (tertiary/aromatic N) is 2. The van der Waals surface area contributed by atoms with E-state index in [1.165, 1.54) is 49.4 Å². The number of aromatic nitrogens is 2. The maximum Gasteiger partial charge on any atom is 0.0193 e. The Kier molecular flexibility index (Phi) is 11.0. The zero-order chi connectivity index (χ0) is 33.9. The van der Waals surface area contributed by atoms with Crippen LogP contribution < -0.4 is 0 Å². The molecule has 49 heavy (non-hydrogen) atoms. The summed E-state index contributed by atoms with van der Waals surface area (Å²) in [5.41, 5.74) is 10.7. The topological polar surface area (TPSA) is 25.8 Å². The first-order valence-corrected chi connectivity index (χ1v) is 16.8. The van der Waals surface area contributed by atoms with Crippen LogP contribution in [0.1, 0.15) is 58.2 Å². The number of fused-ring (bicyclic) bond motifs is 3. The monoisotopic (exact) mass is 817 g/mol. The Morgan fingerprint density at radius 3 is 2.04 bits per heavy atom. The molecule has 7 aromatic rings. The second kappa shape index (κ2) is 15.0. The molecular formula is C46H44IrN2-2. The molecule has 0 N–H and O–H groups in total. The minimum atomic E-state index is 0. The SMILES string of the molecule is CC(C)(C)c1ccnc(-c2[c-]ccc(-c3cc4ccccc4c4ccccc34)c2)c1.Cc1c[c-]c(-c2ccc(CC(C)(C)C)cn2)cc1.[Ir]. The molecule has 0 spiro atoms. The number of pyridine rings is 2. The van der Waals surface area contributed by atoms with Crippen molar-refractivity contribution in [1.82, 2.24) is 9.97 Å². The number of benzene rings is 5. The van der Waals surface area contributed by atoms with Crippen LogP contribution >= 0.6 is 0 Å². The minimum absolute atomic E-state index is 0. The van der Waals surface area contributed by atoms with Crippen molar-refractivity contribution in [1.29, 1.82) is 0 Å². The third-order valence-corrected chi connectivity index (χ3v) is 8.59. The van der Waals surface area contributed by atoms with Gasteiger partial charge in [0.1, 0.15) is 0 Å². The molecule has 0 aliphatic carbocycles. The molecule has 0 atom stereocenters. The van der Waals surface area contributed by atoms with Crippen molar-refractivity contribution in [3.63, 3.8) is 0 Å². The molecule has 0 aliphatic heterocycles. The van der Waals surface area contributed by atoms with Gasteiger partial charge >= 0.3 is 0 Å². The van der Waals surface area contributed by atoms with Crippen molar-refractivity contribution in [3.05, 3.63) is 156 Å². The van der Waals surface area contributed by atoms with Crippen molar-refractivity contribution in [2.75, 3.05) is 0 Å². The van der Waals surface area contributed by atoms with Gasteiger partial charge in [0, 0.05) is 32.5 Å². The molecule has 2 aromatic heterocycles. The second-order valence-electron chi connectivity index (χ2n) is 14.9. The summed E-state index contributed by atoms with van der Waals surface area (Å²) in [6.45, 7) is 15.5. The summed E-state index contributed by atoms with van der Waals surface area (Å²) in [6, 6.07) is 47.3. The summed E-state index contributed by atoms with van der Waals surface area (Å²) in [5.74, 6) is 0. The van der Waals surface area contributed by atoms with E-state index in [1.54, 1.807) is 0 Å². The Morgan fingerprint density at radius 1 is 0.633 bits per heavy atom. The number of hydrogen-bond acceptors (Lipinski definition) is 2. The molecule has 0 saturated heterocycles. The molecule has 249 valence electrons. The van der Waals surface area contributed by atoms with Gasteiger partial charge in [0.2, 0.25) is 0 Å². The Labute approximate surface area is 306 Å². The van der Waals surface area contributed by atoms with Gasteiger partial charge in [-0.2, -0.15) is 0 Å². The van der Waals surface area contributed by atoms with Gasteiger partial charge in [-0.15, -0.1) is 70.8 Å². The first-order chi connectivity index (χ1) is 22.9. The third-order valence-electron chi connectivity index (χ3n) is 8.59. The van der Waals surface area contributed by atoms with Crippen molar-refractivity contribution < 1.29 is 20.1 Å². The average molecular weight is 817 g/mol. The molecule has 0 fully saturated rings. The Bertz CT molecular complexity index is 2170. The minimum Gasteiger partial charge on any atom is -0.305 e. The number of rotatable bonds is 4. The fourth-order valence-corrected chi connectivity index (χ4v) is 6.08. The maximum absolute atomic E-state index is 4.64. The molecule has 5 aromatic carbocycles. The average Bonchev–Trinajstić information content (AvgIpc) is 3.08. The van der Waals surface area contributed by atoms with E-state index in [0.717, 1.165) is 28.9 Å². The summed E-state index contributed by atoms with van der Waals surface area (Å²) in [6.07, 6.45) is 4.94. The van der Waals surface area contributed by atoms with Gasteiger partial charge in [-0.05, 0) is 79.0 Å². The van der Waals surface area contributed by atoms with Gasteiger partial charge in [-0.25, -0.2) is 0 Å². The van der Waals surface area contributed by atoms with Crippen LogP contribution in [0, 0.1) is 24.5 Å². The summed E-state index contributed by atoms with van der Waals surface area (Å²) in [4.78, 5) is 9.17. The predicted octanol–water partition coefficient (Wildman–Crippen LogP) is 12.3. The van der Waals surface area contributed by atoms with Gasteiger partial charge in [0.05, 0.1) is 0 Å². The van der Waals surface area contributed by atoms with Crippen LogP contribution in [0.4, 0.5) is 0 Å². The van der Waals surface area contributed by atoms with E-state index in [2.05, 4.69) is 174 Å². The van der Waals surface area contributed by atoms with Crippen LogP contribution in [-0.4, -0.2) is 9.97 Å². The number of hydrogen-bond donors (Lipinski definition) is 0. The molecule has 0 saturated carbocycles. The van der Waals surface area contributed by atoms with Crippen molar-refractivity contribution in [2.24, 2.45) is 5.41 Å². The molecule has 2 heterocycles. The fraction of sp³-hybridized carbons (Fsp3) is 0.217. The molecule has 0 bridgehead atoms. The van der Waals surface area contributed by atoms with Gasteiger partial charge in [0.15, 0.2) is 0 Å².